The molecule has 0 radical (unpaired) electrons. The summed E-state index contributed by atoms with van der Waals surface area (Å²) < 4.78 is 63.3. The summed E-state index contributed by atoms with van der Waals surface area (Å²) in [5.74, 6) is 0. The zero-order chi connectivity index (χ0) is 21.8. The molecule has 0 aliphatic heterocycles. The SMILES string of the molecule is CCOC(NP(=O)(c1ccccc1)c1ccccc1)(c1ccc(Cl)cc1)C(F)(F)F. The number of rotatable bonds is 7. The van der Waals surface area contributed by atoms with Crippen molar-refractivity contribution < 1.29 is 22.5 Å². The fourth-order valence-electron chi connectivity index (χ4n) is 3.17. The maximum atomic E-state index is 14.6. The summed E-state index contributed by atoms with van der Waals surface area (Å²) in [6, 6.07) is 21.2. The van der Waals surface area contributed by atoms with Gasteiger partial charge in [0.25, 0.3) is 0 Å². The normalized spacial score (nSPS) is 14.3. The van der Waals surface area contributed by atoms with Crippen molar-refractivity contribution in [3.8, 4) is 0 Å². The molecule has 30 heavy (non-hydrogen) atoms. The van der Waals surface area contributed by atoms with Crippen LogP contribution in [0.15, 0.2) is 84.9 Å². The molecule has 0 spiro atoms. The maximum absolute atomic E-state index is 14.6. The largest absolute Gasteiger partial charge is 0.436 e. The second kappa shape index (κ2) is 8.94. The first kappa shape index (κ1) is 22.6. The van der Waals surface area contributed by atoms with Gasteiger partial charge in [-0.05, 0) is 43.3 Å². The molecule has 0 aliphatic rings. The summed E-state index contributed by atoms with van der Waals surface area (Å²) >= 11 is 5.88. The third kappa shape index (κ3) is 4.33. The predicted octanol–water partition coefficient (Wildman–Crippen LogP) is 5.61. The summed E-state index contributed by atoms with van der Waals surface area (Å²) in [6.45, 7) is 1.19. The van der Waals surface area contributed by atoms with Crippen LogP contribution >= 0.6 is 18.9 Å². The number of hydrogen-bond donors (Lipinski definition) is 1. The van der Waals surface area contributed by atoms with Crippen molar-refractivity contribution in [2.45, 2.75) is 18.8 Å². The van der Waals surface area contributed by atoms with Crippen molar-refractivity contribution >= 4 is 29.5 Å². The summed E-state index contributed by atoms with van der Waals surface area (Å²) in [5, 5.41) is 3.17. The molecule has 0 aliphatic carbocycles. The van der Waals surface area contributed by atoms with Gasteiger partial charge in [-0.3, -0.25) is 4.57 Å². The lowest BCUT2D eigenvalue weighted by Gasteiger charge is -2.39. The molecule has 158 valence electrons. The average molecular weight is 454 g/mol. The van der Waals surface area contributed by atoms with E-state index in [9.17, 15) is 17.7 Å². The van der Waals surface area contributed by atoms with E-state index in [1.54, 1.807) is 36.4 Å². The van der Waals surface area contributed by atoms with Gasteiger partial charge in [-0.25, -0.2) is 5.09 Å². The molecule has 3 aromatic carbocycles. The lowest BCUT2D eigenvalue weighted by atomic mass is 10.0. The smallest absolute Gasteiger partial charge is 0.348 e. The van der Waals surface area contributed by atoms with Crippen LogP contribution in [0.1, 0.15) is 12.5 Å². The zero-order valence-corrected chi connectivity index (χ0v) is 17.7. The monoisotopic (exact) mass is 453 g/mol. The van der Waals surface area contributed by atoms with E-state index in [0.717, 1.165) is 0 Å². The molecule has 1 unspecified atom stereocenters. The quantitative estimate of drug-likeness (QED) is 0.373. The Balaban J connectivity index is 2.26. The highest BCUT2D eigenvalue weighted by molar-refractivity contribution is 7.77. The van der Waals surface area contributed by atoms with Gasteiger partial charge in [0.1, 0.15) is 0 Å². The highest BCUT2D eigenvalue weighted by Gasteiger charge is 2.60. The van der Waals surface area contributed by atoms with Gasteiger partial charge in [-0.15, -0.1) is 0 Å². The summed E-state index contributed by atoms with van der Waals surface area (Å²) in [5.41, 5.74) is -3.25. The lowest BCUT2D eigenvalue weighted by molar-refractivity contribution is -0.289. The topological polar surface area (TPSA) is 38.3 Å². The van der Waals surface area contributed by atoms with Gasteiger partial charge in [-0.2, -0.15) is 13.2 Å². The van der Waals surface area contributed by atoms with E-state index in [0.29, 0.717) is 0 Å². The van der Waals surface area contributed by atoms with Gasteiger partial charge in [0, 0.05) is 27.8 Å². The number of hydrogen-bond acceptors (Lipinski definition) is 2. The van der Waals surface area contributed by atoms with Gasteiger partial charge >= 0.3 is 6.18 Å². The number of alkyl halides is 3. The van der Waals surface area contributed by atoms with Crippen LogP contribution < -0.4 is 15.7 Å². The lowest BCUT2D eigenvalue weighted by Crippen LogP contribution is -2.56. The van der Waals surface area contributed by atoms with Gasteiger partial charge in [0.15, 0.2) is 0 Å². The fourth-order valence-corrected chi connectivity index (χ4v) is 5.80. The van der Waals surface area contributed by atoms with E-state index in [1.165, 1.54) is 55.5 Å². The molecule has 0 aromatic heterocycles. The number of halogens is 4. The predicted molar refractivity (Wildman–Crippen MR) is 114 cm³/mol. The van der Waals surface area contributed by atoms with E-state index < -0.39 is 19.2 Å². The molecule has 3 aromatic rings. The Kier molecular flexibility index (Phi) is 6.73. The molecule has 0 heterocycles. The average Bonchev–Trinajstić information content (AvgIpc) is 2.74. The Morgan fingerprint density at radius 3 is 1.73 bits per heavy atom. The molecule has 1 N–H and O–H groups in total. The van der Waals surface area contributed by atoms with Crippen LogP contribution in [0.3, 0.4) is 0 Å². The Hall–Kier alpha value is -2.11. The third-order valence-electron chi connectivity index (χ3n) is 4.57. The van der Waals surface area contributed by atoms with Crippen molar-refractivity contribution in [3.63, 3.8) is 0 Å². The molecule has 3 rings (SSSR count). The van der Waals surface area contributed by atoms with Crippen LogP contribution in [0.5, 0.6) is 0 Å². The molecule has 0 bridgehead atoms. The van der Waals surface area contributed by atoms with Crippen LogP contribution in [0.2, 0.25) is 5.02 Å². The third-order valence-corrected chi connectivity index (χ3v) is 7.50. The Morgan fingerprint density at radius 1 is 0.867 bits per heavy atom. The van der Waals surface area contributed by atoms with Crippen LogP contribution in [0.4, 0.5) is 13.2 Å². The standard InChI is InChI=1S/C22H20ClF3NO2P/c1-2-29-21(22(24,25)26,17-13-15-18(23)16-14-17)27-30(28,19-9-5-3-6-10-19)20-11-7-4-8-12-20/h3-16H,2H2,1H3,(H,27,28). The highest BCUT2D eigenvalue weighted by atomic mass is 35.5. The second-order valence-corrected chi connectivity index (χ2v) is 9.42. The molecular formula is C22H20ClF3NO2P. The second-order valence-electron chi connectivity index (χ2n) is 6.51. The molecule has 0 saturated carbocycles. The Bertz CT molecular complexity index is 971. The number of nitrogens with one attached hydrogen (secondary N) is 1. The van der Waals surface area contributed by atoms with Gasteiger partial charge < -0.3 is 4.74 Å². The van der Waals surface area contributed by atoms with Crippen molar-refractivity contribution in [3.05, 3.63) is 95.5 Å². The van der Waals surface area contributed by atoms with Gasteiger partial charge in [-0.1, -0.05) is 60.1 Å². The molecule has 8 heteroatoms. The Morgan fingerprint density at radius 2 is 1.33 bits per heavy atom. The van der Waals surface area contributed by atoms with Crippen LogP contribution in [-0.4, -0.2) is 12.8 Å². The van der Waals surface area contributed by atoms with Gasteiger partial charge in [0.2, 0.25) is 13.0 Å². The van der Waals surface area contributed by atoms with E-state index in [-0.39, 0.29) is 27.8 Å². The van der Waals surface area contributed by atoms with Crippen LogP contribution in [0.25, 0.3) is 0 Å². The first-order chi connectivity index (χ1) is 14.2. The molecular weight excluding hydrogens is 434 g/mol. The van der Waals surface area contributed by atoms with Gasteiger partial charge in [0.05, 0.1) is 0 Å². The van der Waals surface area contributed by atoms with E-state index in [2.05, 4.69) is 5.09 Å². The summed E-state index contributed by atoms with van der Waals surface area (Å²) in [7, 11) is -3.98. The zero-order valence-electron chi connectivity index (χ0n) is 16.1. The van der Waals surface area contributed by atoms with Crippen LogP contribution in [-0.2, 0) is 15.0 Å². The minimum absolute atomic E-state index is 0.235. The first-order valence-electron chi connectivity index (χ1n) is 9.20. The Labute approximate surface area is 178 Å². The van der Waals surface area contributed by atoms with Crippen molar-refractivity contribution in [2.75, 3.05) is 6.61 Å². The number of ether oxygens (including phenoxy) is 1. The molecule has 0 saturated heterocycles. The maximum Gasteiger partial charge on any atom is 0.436 e. The fraction of sp³-hybridized carbons (Fsp3) is 0.182. The molecule has 0 amide bonds. The molecule has 0 fully saturated rings. The first-order valence-corrected chi connectivity index (χ1v) is 11.3. The van der Waals surface area contributed by atoms with E-state index >= 15 is 0 Å². The van der Waals surface area contributed by atoms with E-state index in [4.69, 9.17) is 16.3 Å². The number of benzene rings is 3. The van der Waals surface area contributed by atoms with Crippen molar-refractivity contribution in [1.82, 2.24) is 5.09 Å². The minimum Gasteiger partial charge on any atom is -0.348 e. The summed E-state index contributed by atoms with van der Waals surface area (Å²) in [6.07, 6.45) is -4.92. The van der Waals surface area contributed by atoms with Crippen molar-refractivity contribution in [1.29, 1.82) is 0 Å². The molecule has 3 nitrogen and oxygen atoms in total. The van der Waals surface area contributed by atoms with Crippen LogP contribution in [0, 0.1) is 0 Å². The summed E-state index contributed by atoms with van der Waals surface area (Å²) in [4.78, 5) is 0. The van der Waals surface area contributed by atoms with E-state index in [1.807, 2.05) is 0 Å². The minimum atomic E-state index is -4.92. The molecule has 1 atom stereocenters. The highest BCUT2D eigenvalue weighted by Crippen LogP contribution is 2.50. The van der Waals surface area contributed by atoms with Crippen molar-refractivity contribution in [2.24, 2.45) is 0 Å².